The van der Waals surface area contributed by atoms with Crippen molar-refractivity contribution < 1.29 is 38.0 Å². The van der Waals surface area contributed by atoms with Crippen LogP contribution in [0.1, 0.15) is 34.3 Å². The Kier molecular flexibility index (Phi) is 5.15. The van der Waals surface area contributed by atoms with E-state index in [1.165, 1.54) is 6.92 Å². The Morgan fingerprint density at radius 1 is 1.12 bits per heavy atom. The summed E-state index contributed by atoms with van der Waals surface area (Å²) in [6.45, 7) is 5.64. The van der Waals surface area contributed by atoms with Gasteiger partial charge in [-0.25, -0.2) is 0 Å². The highest BCUT2D eigenvalue weighted by atomic mass is 16.5. The van der Waals surface area contributed by atoms with Crippen LogP contribution in [-0.4, -0.2) is 51.4 Å². The van der Waals surface area contributed by atoms with Crippen molar-refractivity contribution in [3.63, 3.8) is 0 Å². The molecule has 0 saturated carbocycles. The summed E-state index contributed by atoms with van der Waals surface area (Å²) >= 11 is 0. The Hall–Kier alpha value is -3.68. The minimum absolute atomic E-state index is 0.0389. The van der Waals surface area contributed by atoms with Crippen LogP contribution in [0.5, 0.6) is 28.7 Å². The standard InChI is InChI=1S/C25H24O8/c1-12(10-30-13(2)26)18-8-16-17(32-18)6-5-14-24(27)23-15-7-20(28-3)21(29-4)9-19(15)31-11-22(23)33-25(14)16/h5-7,9,18,22-23H,1,8,10-11H2,2-4H3/t18-,22-,23-/m0/s1. The van der Waals surface area contributed by atoms with Crippen LogP contribution >= 0.6 is 0 Å². The second kappa shape index (κ2) is 8.03. The average Bonchev–Trinajstić information content (AvgIpc) is 3.26. The number of esters is 1. The highest BCUT2D eigenvalue weighted by Gasteiger charge is 2.45. The molecule has 5 rings (SSSR count). The Morgan fingerprint density at radius 2 is 1.88 bits per heavy atom. The predicted molar refractivity (Wildman–Crippen MR) is 117 cm³/mol. The van der Waals surface area contributed by atoms with Crippen LogP contribution < -0.4 is 23.7 Å². The van der Waals surface area contributed by atoms with Gasteiger partial charge in [0.1, 0.15) is 42.7 Å². The summed E-state index contributed by atoms with van der Waals surface area (Å²) in [6, 6.07) is 7.04. The Morgan fingerprint density at radius 3 is 2.61 bits per heavy atom. The molecule has 2 aromatic rings. The lowest BCUT2D eigenvalue weighted by Crippen LogP contribution is -2.43. The molecule has 3 aliphatic heterocycles. The third-order valence-corrected chi connectivity index (χ3v) is 6.24. The summed E-state index contributed by atoms with van der Waals surface area (Å²) < 4.78 is 34.1. The highest BCUT2D eigenvalue weighted by Crippen LogP contribution is 2.49. The van der Waals surface area contributed by atoms with E-state index in [1.54, 1.807) is 38.5 Å². The quantitative estimate of drug-likeness (QED) is 0.505. The molecule has 0 spiro atoms. The molecule has 0 N–H and O–H groups in total. The molecule has 3 aliphatic rings. The lowest BCUT2D eigenvalue weighted by atomic mass is 9.81. The summed E-state index contributed by atoms with van der Waals surface area (Å²) in [5.41, 5.74) is 2.67. The van der Waals surface area contributed by atoms with Crippen LogP contribution in [0.4, 0.5) is 0 Å². The van der Waals surface area contributed by atoms with Gasteiger partial charge in [-0.1, -0.05) is 6.58 Å². The minimum atomic E-state index is -0.517. The maximum absolute atomic E-state index is 13.6. The molecular weight excluding hydrogens is 428 g/mol. The predicted octanol–water partition coefficient (Wildman–Crippen LogP) is 3.25. The highest BCUT2D eigenvalue weighted by molar-refractivity contribution is 6.06. The average molecular weight is 452 g/mol. The number of carbonyl (C=O) groups is 2. The molecule has 0 aliphatic carbocycles. The van der Waals surface area contributed by atoms with Crippen LogP contribution in [0.2, 0.25) is 0 Å². The van der Waals surface area contributed by atoms with Crippen molar-refractivity contribution in [2.75, 3.05) is 27.4 Å². The second-order valence-electron chi connectivity index (χ2n) is 8.22. The zero-order chi connectivity index (χ0) is 23.3. The smallest absolute Gasteiger partial charge is 0.302 e. The summed E-state index contributed by atoms with van der Waals surface area (Å²) in [5, 5.41) is 0. The van der Waals surface area contributed by atoms with Gasteiger partial charge in [-0.15, -0.1) is 0 Å². The molecule has 0 saturated heterocycles. The first-order chi connectivity index (χ1) is 15.9. The van der Waals surface area contributed by atoms with E-state index in [4.69, 9.17) is 28.4 Å². The lowest BCUT2D eigenvalue weighted by Gasteiger charge is -2.37. The van der Waals surface area contributed by atoms with Crippen molar-refractivity contribution in [1.82, 2.24) is 0 Å². The number of carbonyl (C=O) groups excluding carboxylic acids is 2. The normalized spacial score (nSPS) is 21.8. The van der Waals surface area contributed by atoms with Gasteiger partial charge in [-0.05, 0) is 18.2 Å². The van der Waals surface area contributed by atoms with E-state index >= 15 is 0 Å². The monoisotopic (exact) mass is 452 g/mol. The van der Waals surface area contributed by atoms with Gasteiger partial charge >= 0.3 is 5.97 Å². The number of ether oxygens (including phenoxy) is 6. The van der Waals surface area contributed by atoms with E-state index in [0.29, 0.717) is 51.9 Å². The van der Waals surface area contributed by atoms with Crippen LogP contribution in [0.15, 0.2) is 36.4 Å². The van der Waals surface area contributed by atoms with E-state index in [0.717, 1.165) is 5.56 Å². The molecule has 172 valence electrons. The number of hydrogen-bond acceptors (Lipinski definition) is 8. The summed E-state index contributed by atoms with van der Waals surface area (Å²) in [7, 11) is 3.10. The number of ketones is 1. The van der Waals surface area contributed by atoms with E-state index < -0.39 is 12.0 Å². The zero-order valence-corrected chi connectivity index (χ0v) is 18.6. The fourth-order valence-corrected chi connectivity index (χ4v) is 4.58. The molecule has 3 heterocycles. The fourth-order valence-electron chi connectivity index (χ4n) is 4.58. The molecule has 8 heteroatoms. The van der Waals surface area contributed by atoms with Gasteiger partial charge in [-0.3, -0.25) is 9.59 Å². The van der Waals surface area contributed by atoms with Gasteiger partial charge in [-0.2, -0.15) is 0 Å². The molecule has 33 heavy (non-hydrogen) atoms. The molecule has 0 bridgehead atoms. The second-order valence-corrected chi connectivity index (χ2v) is 8.22. The molecule has 0 fully saturated rings. The van der Waals surface area contributed by atoms with Crippen molar-refractivity contribution in [3.05, 3.63) is 53.1 Å². The zero-order valence-electron chi connectivity index (χ0n) is 18.6. The van der Waals surface area contributed by atoms with E-state index in [1.807, 2.05) is 0 Å². The lowest BCUT2D eigenvalue weighted by molar-refractivity contribution is -0.140. The number of hydrogen-bond donors (Lipinski definition) is 0. The summed E-state index contributed by atoms with van der Waals surface area (Å²) in [5.74, 6) is 1.87. The molecule has 0 aromatic heterocycles. The molecule has 8 nitrogen and oxygen atoms in total. The molecular formula is C25H24O8. The largest absolute Gasteiger partial charge is 0.493 e. The van der Waals surface area contributed by atoms with Crippen LogP contribution in [0.25, 0.3) is 0 Å². The van der Waals surface area contributed by atoms with Gasteiger partial charge < -0.3 is 28.4 Å². The third kappa shape index (κ3) is 3.46. The fraction of sp³-hybridized carbons (Fsp3) is 0.360. The van der Waals surface area contributed by atoms with E-state index in [2.05, 4.69) is 6.58 Å². The van der Waals surface area contributed by atoms with Crippen molar-refractivity contribution in [2.24, 2.45) is 0 Å². The number of Topliss-reactive ketones (excluding diaryl/α,β-unsaturated/α-hetero) is 1. The summed E-state index contributed by atoms with van der Waals surface area (Å²) in [4.78, 5) is 24.8. The SMILES string of the molecule is C=C(COC(C)=O)[C@@H]1Cc2c(ccc3c2O[C@H]2COc4cc(OC)c(OC)cc4[C@@H]2C3=O)O1. The first-order valence-corrected chi connectivity index (χ1v) is 10.6. The molecule has 0 radical (unpaired) electrons. The maximum Gasteiger partial charge on any atom is 0.302 e. The Labute approximate surface area is 191 Å². The van der Waals surface area contributed by atoms with Crippen molar-refractivity contribution in [2.45, 2.75) is 31.5 Å². The number of methoxy groups -OCH3 is 2. The molecule has 2 aromatic carbocycles. The number of fused-ring (bicyclic) bond motifs is 6. The third-order valence-electron chi connectivity index (χ3n) is 6.24. The van der Waals surface area contributed by atoms with Crippen molar-refractivity contribution in [1.29, 1.82) is 0 Å². The minimum Gasteiger partial charge on any atom is -0.493 e. The number of rotatable bonds is 5. The molecule has 3 atom stereocenters. The molecule has 0 amide bonds. The summed E-state index contributed by atoms with van der Waals surface area (Å²) in [6.07, 6.45) is -0.362. The van der Waals surface area contributed by atoms with Crippen LogP contribution in [0, 0.1) is 0 Å². The van der Waals surface area contributed by atoms with Gasteiger partial charge in [0.2, 0.25) is 0 Å². The molecule has 0 unspecified atom stereocenters. The van der Waals surface area contributed by atoms with Crippen molar-refractivity contribution >= 4 is 11.8 Å². The van der Waals surface area contributed by atoms with Gasteiger partial charge in [0.05, 0.1) is 25.7 Å². The van der Waals surface area contributed by atoms with Gasteiger partial charge in [0.25, 0.3) is 0 Å². The Balaban J connectivity index is 1.46. The van der Waals surface area contributed by atoms with E-state index in [9.17, 15) is 9.59 Å². The van der Waals surface area contributed by atoms with Crippen LogP contribution in [-0.2, 0) is 16.0 Å². The topological polar surface area (TPSA) is 89.5 Å². The van der Waals surface area contributed by atoms with Crippen molar-refractivity contribution in [3.8, 4) is 28.7 Å². The van der Waals surface area contributed by atoms with Crippen LogP contribution in [0.3, 0.4) is 0 Å². The van der Waals surface area contributed by atoms with E-state index in [-0.39, 0.29) is 31.1 Å². The Bertz CT molecular complexity index is 1170. The maximum atomic E-state index is 13.6. The first-order valence-electron chi connectivity index (χ1n) is 10.6. The van der Waals surface area contributed by atoms with Gasteiger partial charge in [0, 0.05) is 36.1 Å². The number of benzene rings is 2. The first kappa shape index (κ1) is 21.2. The van der Waals surface area contributed by atoms with Gasteiger partial charge in [0.15, 0.2) is 17.3 Å².